The Bertz CT molecular complexity index is 320. The molecule has 0 aliphatic heterocycles. The van der Waals surface area contributed by atoms with Gasteiger partial charge >= 0.3 is 0 Å². The van der Waals surface area contributed by atoms with E-state index >= 15 is 0 Å². The van der Waals surface area contributed by atoms with Crippen molar-refractivity contribution in [2.75, 3.05) is 6.54 Å². The van der Waals surface area contributed by atoms with E-state index in [1.807, 2.05) is 26.8 Å². The van der Waals surface area contributed by atoms with Crippen LogP contribution < -0.4 is 10.6 Å². The number of rotatable bonds is 5. The first-order valence-electron chi connectivity index (χ1n) is 5.00. The maximum atomic E-state index is 11.2. The van der Waals surface area contributed by atoms with E-state index in [1.165, 1.54) is 0 Å². The van der Waals surface area contributed by atoms with Crippen molar-refractivity contribution in [3.8, 4) is 0 Å². The maximum absolute atomic E-state index is 11.2. The molecule has 0 spiro atoms. The van der Waals surface area contributed by atoms with Crippen molar-refractivity contribution in [1.29, 1.82) is 0 Å². The number of carbonyl (C=O) groups is 1. The summed E-state index contributed by atoms with van der Waals surface area (Å²) in [7, 11) is 0. The molecule has 15 heavy (non-hydrogen) atoms. The van der Waals surface area contributed by atoms with Crippen molar-refractivity contribution in [3.63, 3.8) is 0 Å². The van der Waals surface area contributed by atoms with Gasteiger partial charge in [0.15, 0.2) is 5.76 Å². The topological polar surface area (TPSA) is 67.2 Å². The van der Waals surface area contributed by atoms with E-state index in [0.29, 0.717) is 6.54 Å². The fourth-order valence-corrected chi connectivity index (χ4v) is 1.17. The van der Waals surface area contributed by atoms with Crippen LogP contribution in [0.4, 0.5) is 0 Å². The normalized spacial score (nSPS) is 10.7. The molecule has 1 rings (SSSR count). The van der Waals surface area contributed by atoms with E-state index in [9.17, 15) is 4.79 Å². The Labute approximate surface area is 89.2 Å². The Morgan fingerprint density at radius 3 is 2.87 bits per heavy atom. The van der Waals surface area contributed by atoms with E-state index in [4.69, 9.17) is 4.52 Å². The number of carbonyl (C=O) groups excluding carboxylic acids is 1. The van der Waals surface area contributed by atoms with Crippen molar-refractivity contribution in [3.05, 3.63) is 17.5 Å². The molecule has 0 aromatic carbocycles. The van der Waals surface area contributed by atoms with Crippen LogP contribution in [0.1, 0.15) is 25.3 Å². The van der Waals surface area contributed by atoms with Gasteiger partial charge in [0.2, 0.25) is 5.91 Å². The smallest absolute Gasteiger partial charge is 0.234 e. The lowest BCUT2D eigenvalue weighted by atomic mass is 10.3. The van der Waals surface area contributed by atoms with Crippen molar-refractivity contribution >= 4 is 5.91 Å². The number of amides is 1. The fourth-order valence-electron chi connectivity index (χ4n) is 1.17. The predicted octanol–water partition coefficient (Wildman–Crippen LogP) is 0.597. The standard InChI is InChI=1S/C10H17N3O2/c1-7(2)12-10(14)6-11-5-9-4-8(3)13-15-9/h4,7,11H,5-6H2,1-3H3,(H,12,14). The molecule has 1 aromatic heterocycles. The Kier molecular flexibility index (Phi) is 4.30. The quantitative estimate of drug-likeness (QED) is 0.748. The molecule has 5 nitrogen and oxygen atoms in total. The number of nitrogens with one attached hydrogen (secondary N) is 2. The van der Waals surface area contributed by atoms with E-state index in [2.05, 4.69) is 15.8 Å². The number of aryl methyl sites for hydroxylation is 1. The summed E-state index contributed by atoms with van der Waals surface area (Å²) in [6.45, 7) is 6.53. The molecule has 0 bridgehead atoms. The minimum atomic E-state index is -0.0127. The summed E-state index contributed by atoms with van der Waals surface area (Å²) >= 11 is 0. The van der Waals surface area contributed by atoms with Crippen molar-refractivity contribution in [2.24, 2.45) is 0 Å². The third-order valence-electron chi connectivity index (χ3n) is 1.71. The zero-order valence-corrected chi connectivity index (χ0v) is 9.33. The molecular formula is C10H17N3O2. The molecule has 0 aliphatic carbocycles. The van der Waals surface area contributed by atoms with Crippen LogP contribution >= 0.6 is 0 Å². The summed E-state index contributed by atoms with van der Waals surface area (Å²) in [5, 5.41) is 9.51. The van der Waals surface area contributed by atoms with E-state index in [0.717, 1.165) is 11.5 Å². The van der Waals surface area contributed by atoms with Gasteiger partial charge in [0.25, 0.3) is 0 Å². The zero-order chi connectivity index (χ0) is 11.3. The van der Waals surface area contributed by atoms with Crippen LogP contribution in [0, 0.1) is 6.92 Å². The van der Waals surface area contributed by atoms with Crippen molar-refractivity contribution in [1.82, 2.24) is 15.8 Å². The molecule has 0 aliphatic rings. The monoisotopic (exact) mass is 211 g/mol. The summed E-state index contributed by atoms with van der Waals surface area (Å²) in [6.07, 6.45) is 0. The summed E-state index contributed by atoms with van der Waals surface area (Å²) in [6, 6.07) is 2.01. The number of hydrogen-bond acceptors (Lipinski definition) is 4. The highest BCUT2D eigenvalue weighted by Crippen LogP contribution is 2.00. The van der Waals surface area contributed by atoms with E-state index in [-0.39, 0.29) is 18.5 Å². The largest absolute Gasteiger partial charge is 0.360 e. The summed E-state index contributed by atoms with van der Waals surface area (Å²) in [5.74, 6) is 0.728. The molecule has 0 atom stereocenters. The molecular weight excluding hydrogens is 194 g/mol. The van der Waals surface area contributed by atoms with Crippen LogP contribution in [-0.2, 0) is 11.3 Å². The van der Waals surface area contributed by atoms with Crippen LogP contribution in [-0.4, -0.2) is 23.7 Å². The van der Waals surface area contributed by atoms with Crippen LogP contribution in [0.15, 0.2) is 10.6 Å². The SMILES string of the molecule is Cc1cc(CNCC(=O)NC(C)C)on1. The van der Waals surface area contributed by atoms with Gasteiger partial charge in [-0.3, -0.25) is 4.79 Å². The van der Waals surface area contributed by atoms with Gasteiger partial charge in [-0.25, -0.2) is 0 Å². The molecule has 0 unspecified atom stereocenters. The molecule has 1 aromatic rings. The maximum Gasteiger partial charge on any atom is 0.234 e. The van der Waals surface area contributed by atoms with Crippen LogP contribution in [0.25, 0.3) is 0 Å². The molecule has 1 amide bonds. The Morgan fingerprint density at radius 2 is 2.33 bits per heavy atom. The van der Waals surface area contributed by atoms with Gasteiger partial charge < -0.3 is 15.2 Å². The van der Waals surface area contributed by atoms with Crippen molar-refractivity contribution in [2.45, 2.75) is 33.4 Å². The summed E-state index contributed by atoms with van der Waals surface area (Å²) < 4.78 is 4.98. The van der Waals surface area contributed by atoms with Gasteiger partial charge in [-0.05, 0) is 20.8 Å². The average Bonchev–Trinajstić information content (AvgIpc) is 2.50. The van der Waals surface area contributed by atoms with Gasteiger partial charge in [-0.1, -0.05) is 5.16 Å². The summed E-state index contributed by atoms with van der Waals surface area (Å²) in [5.41, 5.74) is 0.846. The van der Waals surface area contributed by atoms with E-state index < -0.39 is 0 Å². The molecule has 0 saturated carbocycles. The second kappa shape index (κ2) is 5.50. The summed E-state index contributed by atoms with van der Waals surface area (Å²) in [4.78, 5) is 11.2. The average molecular weight is 211 g/mol. The van der Waals surface area contributed by atoms with Crippen LogP contribution in [0.3, 0.4) is 0 Å². The number of hydrogen-bond donors (Lipinski definition) is 2. The van der Waals surface area contributed by atoms with Crippen LogP contribution in [0.2, 0.25) is 0 Å². The minimum Gasteiger partial charge on any atom is -0.360 e. The van der Waals surface area contributed by atoms with Gasteiger partial charge in [-0.2, -0.15) is 0 Å². The number of aromatic nitrogens is 1. The third kappa shape index (κ3) is 4.60. The molecule has 1 heterocycles. The number of nitrogens with zero attached hydrogens (tertiary/aromatic N) is 1. The molecule has 84 valence electrons. The first-order valence-corrected chi connectivity index (χ1v) is 5.00. The van der Waals surface area contributed by atoms with Crippen LogP contribution in [0.5, 0.6) is 0 Å². The van der Waals surface area contributed by atoms with Gasteiger partial charge in [0.05, 0.1) is 18.8 Å². The lowest BCUT2D eigenvalue weighted by molar-refractivity contribution is -0.120. The third-order valence-corrected chi connectivity index (χ3v) is 1.71. The molecule has 0 radical (unpaired) electrons. The predicted molar refractivity (Wildman–Crippen MR) is 56.2 cm³/mol. The lowest BCUT2D eigenvalue weighted by Gasteiger charge is -2.07. The van der Waals surface area contributed by atoms with Gasteiger partial charge in [0.1, 0.15) is 0 Å². The second-order valence-corrected chi connectivity index (χ2v) is 3.76. The lowest BCUT2D eigenvalue weighted by Crippen LogP contribution is -2.37. The molecule has 0 fully saturated rings. The molecule has 2 N–H and O–H groups in total. The Hall–Kier alpha value is -1.36. The first-order chi connectivity index (χ1) is 7.08. The minimum absolute atomic E-state index is 0.0127. The van der Waals surface area contributed by atoms with Gasteiger partial charge in [-0.15, -0.1) is 0 Å². The Morgan fingerprint density at radius 1 is 1.60 bits per heavy atom. The van der Waals surface area contributed by atoms with Gasteiger partial charge in [0, 0.05) is 12.1 Å². The highest BCUT2D eigenvalue weighted by Gasteiger charge is 2.04. The Balaban J connectivity index is 2.19. The zero-order valence-electron chi connectivity index (χ0n) is 9.33. The first kappa shape index (κ1) is 11.7. The van der Waals surface area contributed by atoms with E-state index in [1.54, 1.807) is 0 Å². The fraction of sp³-hybridized carbons (Fsp3) is 0.600. The van der Waals surface area contributed by atoms with Crippen molar-refractivity contribution < 1.29 is 9.32 Å². The second-order valence-electron chi connectivity index (χ2n) is 3.76. The highest BCUT2D eigenvalue weighted by molar-refractivity contribution is 5.78. The molecule has 0 saturated heterocycles. The highest BCUT2D eigenvalue weighted by atomic mass is 16.5. The molecule has 5 heteroatoms.